The molecule has 2 aromatic heterocycles. The van der Waals surface area contributed by atoms with Crippen molar-refractivity contribution in [1.29, 1.82) is 0 Å². The molecule has 1 atom stereocenters. The Bertz CT molecular complexity index is 1430. The van der Waals surface area contributed by atoms with Crippen molar-refractivity contribution in [3.05, 3.63) is 90.1 Å². The minimum atomic E-state index is -0.127. The van der Waals surface area contributed by atoms with Gasteiger partial charge in [0, 0.05) is 67.3 Å². The van der Waals surface area contributed by atoms with Crippen LogP contribution in [0.5, 0.6) is 0 Å². The molecular weight excluding hydrogens is 524 g/mol. The number of benzene rings is 2. The third-order valence-corrected chi connectivity index (χ3v) is 7.16. The molecule has 0 aliphatic carbocycles. The monoisotopic (exact) mass is 558 g/mol. The van der Waals surface area contributed by atoms with E-state index in [1.54, 1.807) is 18.6 Å². The van der Waals surface area contributed by atoms with E-state index in [1.807, 2.05) is 60.4 Å². The predicted octanol–water partition coefficient (Wildman–Crippen LogP) is 4.87. The van der Waals surface area contributed by atoms with Gasteiger partial charge in [-0.05, 0) is 55.7 Å². The molecule has 0 radical (unpaired) electrons. The summed E-state index contributed by atoms with van der Waals surface area (Å²) in [5.74, 6) is 0.455. The van der Waals surface area contributed by atoms with Crippen LogP contribution in [0.1, 0.15) is 35.3 Å². The van der Waals surface area contributed by atoms with Gasteiger partial charge >= 0.3 is 0 Å². The molecule has 3 heterocycles. The van der Waals surface area contributed by atoms with Crippen molar-refractivity contribution >= 4 is 35.6 Å². The Labute approximate surface area is 241 Å². The van der Waals surface area contributed by atoms with E-state index < -0.39 is 0 Å². The van der Waals surface area contributed by atoms with Gasteiger partial charge in [-0.2, -0.15) is 0 Å². The summed E-state index contributed by atoms with van der Waals surface area (Å²) in [5, 5.41) is 6.78. The smallest absolute Gasteiger partial charge is 0.259 e. The molecule has 4 aromatic rings. The minimum Gasteiger partial charge on any atom is -0.324 e. The molecule has 1 unspecified atom stereocenters. The molecule has 1 fully saturated rings. The SMILES string of the molecule is CCc1ccccc1C(=O)N(c1ccc(C)c(Nc2nccc(-c3cncnc3)n2)c1)C(C)N1CCNCC1.Cl. The number of carbonyl (C=O) groups is 1. The number of carbonyl (C=O) groups excluding carboxylic acids is 1. The van der Waals surface area contributed by atoms with Crippen LogP contribution >= 0.6 is 12.4 Å². The first-order valence-electron chi connectivity index (χ1n) is 13.4. The lowest BCUT2D eigenvalue weighted by molar-refractivity contribution is 0.0922. The molecule has 0 spiro atoms. The van der Waals surface area contributed by atoms with Gasteiger partial charge in [0.05, 0.1) is 11.9 Å². The highest BCUT2D eigenvalue weighted by atomic mass is 35.5. The van der Waals surface area contributed by atoms with Gasteiger partial charge in [-0.15, -0.1) is 12.4 Å². The summed E-state index contributed by atoms with van der Waals surface area (Å²) >= 11 is 0. The fourth-order valence-corrected chi connectivity index (χ4v) is 4.91. The van der Waals surface area contributed by atoms with Gasteiger partial charge in [0.25, 0.3) is 5.91 Å². The molecule has 1 amide bonds. The van der Waals surface area contributed by atoms with Gasteiger partial charge in [-0.3, -0.25) is 14.6 Å². The van der Waals surface area contributed by atoms with E-state index in [0.29, 0.717) is 5.95 Å². The molecule has 1 aliphatic rings. The number of aryl methyl sites for hydroxylation is 2. The number of nitrogens with zero attached hydrogens (tertiary/aromatic N) is 6. The second-order valence-electron chi connectivity index (χ2n) is 9.62. The van der Waals surface area contributed by atoms with Crippen LogP contribution < -0.4 is 15.5 Å². The molecule has 40 heavy (non-hydrogen) atoms. The average molecular weight is 559 g/mol. The van der Waals surface area contributed by atoms with Crippen molar-refractivity contribution in [2.24, 2.45) is 0 Å². The van der Waals surface area contributed by atoms with Crippen LogP contribution in [0.25, 0.3) is 11.3 Å². The Hall–Kier alpha value is -3.92. The maximum Gasteiger partial charge on any atom is 0.259 e. The number of aromatic nitrogens is 4. The molecule has 2 N–H and O–H groups in total. The third kappa shape index (κ3) is 6.44. The number of halogens is 1. The summed E-state index contributed by atoms with van der Waals surface area (Å²) in [6.45, 7) is 9.78. The highest BCUT2D eigenvalue weighted by Crippen LogP contribution is 2.30. The Morgan fingerprint density at radius 1 is 1.10 bits per heavy atom. The van der Waals surface area contributed by atoms with Gasteiger partial charge in [0.1, 0.15) is 6.33 Å². The molecule has 2 aromatic carbocycles. The van der Waals surface area contributed by atoms with Crippen LogP contribution in [-0.4, -0.2) is 63.1 Å². The minimum absolute atomic E-state index is 0. The topological polar surface area (TPSA) is 99.2 Å². The summed E-state index contributed by atoms with van der Waals surface area (Å²) in [6.07, 6.45) is 7.31. The van der Waals surface area contributed by atoms with Crippen molar-refractivity contribution in [2.45, 2.75) is 33.4 Å². The zero-order chi connectivity index (χ0) is 27.2. The van der Waals surface area contributed by atoms with Crippen molar-refractivity contribution < 1.29 is 4.79 Å². The Morgan fingerprint density at radius 2 is 1.85 bits per heavy atom. The lowest BCUT2D eigenvalue weighted by Gasteiger charge is -2.40. The van der Waals surface area contributed by atoms with Crippen LogP contribution in [0.2, 0.25) is 0 Å². The number of hydrogen-bond donors (Lipinski definition) is 2. The second kappa shape index (κ2) is 13.4. The summed E-state index contributed by atoms with van der Waals surface area (Å²) in [6, 6.07) is 15.8. The average Bonchev–Trinajstić information content (AvgIpc) is 2.99. The standard InChI is InChI=1S/C30H34N8O.ClH/c1-4-23-7-5-6-8-26(23)29(39)38(22(3)37-15-13-31-14-16-37)25-10-9-21(2)28(17-25)36-30-34-12-11-27(35-30)24-18-32-20-33-19-24;/h5-12,17-20,22,31H,4,13-16H2,1-3H3,(H,34,35,36);1H. The van der Waals surface area contributed by atoms with Crippen LogP contribution in [-0.2, 0) is 6.42 Å². The molecule has 0 saturated carbocycles. The lowest BCUT2D eigenvalue weighted by atomic mass is 10.0. The van der Waals surface area contributed by atoms with E-state index in [-0.39, 0.29) is 24.5 Å². The van der Waals surface area contributed by atoms with E-state index in [0.717, 1.165) is 71.9 Å². The zero-order valence-electron chi connectivity index (χ0n) is 23.0. The Kier molecular flexibility index (Phi) is 9.76. The molecule has 5 rings (SSSR count). The molecule has 1 aliphatic heterocycles. The normalized spacial score (nSPS) is 14.2. The predicted molar refractivity (Wildman–Crippen MR) is 161 cm³/mol. The second-order valence-corrected chi connectivity index (χ2v) is 9.62. The van der Waals surface area contributed by atoms with E-state index in [4.69, 9.17) is 0 Å². The first-order valence-corrected chi connectivity index (χ1v) is 13.4. The van der Waals surface area contributed by atoms with Crippen molar-refractivity contribution in [2.75, 3.05) is 36.4 Å². The molecule has 10 heteroatoms. The first-order chi connectivity index (χ1) is 19.0. The number of anilines is 3. The Balaban J connectivity index is 0.00000370. The summed E-state index contributed by atoms with van der Waals surface area (Å²) in [7, 11) is 0. The van der Waals surface area contributed by atoms with E-state index in [1.165, 1.54) is 6.33 Å². The van der Waals surface area contributed by atoms with Crippen LogP contribution in [0.3, 0.4) is 0 Å². The largest absolute Gasteiger partial charge is 0.324 e. The van der Waals surface area contributed by atoms with Gasteiger partial charge < -0.3 is 10.6 Å². The number of amides is 1. The number of nitrogens with one attached hydrogen (secondary N) is 2. The van der Waals surface area contributed by atoms with Crippen LogP contribution in [0, 0.1) is 6.92 Å². The maximum atomic E-state index is 14.2. The fraction of sp³-hybridized carbons (Fsp3) is 0.300. The summed E-state index contributed by atoms with van der Waals surface area (Å²) in [5.41, 5.74) is 5.98. The molecule has 9 nitrogen and oxygen atoms in total. The van der Waals surface area contributed by atoms with Gasteiger partial charge in [-0.25, -0.2) is 19.9 Å². The quantitative estimate of drug-likeness (QED) is 0.316. The van der Waals surface area contributed by atoms with Gasteiger partial charge in [-0.1, -0.05) is 31.2 Å². The van der Waals surface area contributed by atoms with E-state index in [9.17, 15) is 4.79 Å². The van der Waals surface area contributed by atoms with Gasteiger partial charge in [0.15, 0.2) is 0 Å². The molecule has 1 saturated heterocycles. The fourth-order valence-electron chi connectivity index (χ4n) is 4.91. The molecule has 0 bridgehead atoms. The van der Waals surface area contributed by atoms with E-state index in [2.05, 4.69) is 49.3 Å². The van der Waals surface area contributed by atoms with Crippen molar-refractivity contribution in [1.82, 2.24) is 30.2 Å². The summed E-state index contributed by atoms with van der Waals surface area (Å²) in [4.78, 5) is 35.7. The highest BCUT2D eigenvalue weighted by molar-refractivity contribution is 6.07. The number of piperazine rings is 1. The Morgan fingerprint density at radius 3 is 2.60 bits per heavy atom. The maximum absolute atomic E-state index is 14.2. The summed E-state index contributed by atoms with van der Waals surface area (Å²) < 4.78 is 0. The number of hydrogen-bond acceptors (Lipinski definition) is 8. The van der Waals surface area contributed by atoms with Crippen LogP contribution in [0.15, 0.2) is 73.4 Å². The molecular formula is C30H35ClN8O. The van der Waals surface area contributed by atoms with E-state index >= 15 is 0 Å². The van der Waals surface area contributed by atoms with Crippen LogP contribution in [0.4, 0.5) is 17.3 Å². The van der Waals surface area contributed by atoms with Crippen molar-refractivity contribution in [3.8, 4) is 11.3 Å². The lowest BCUT2D eigenvalue weighted by Crippen LogP contribution is -2.55. The van der Waals surface area contributed by atoms with Crippen molar-refractivity contribution in [3.63, 3.8) is 0 Å². The van der Waals surface area contributed by atoms with Gasteiger partial charge in [0.2, 0.25) is 5.95 Å². The molecule has 208 valence electrons. The number of rotatable bonds is 8. The first kappa shape index (κ1) is 29.1. The highest BCUT2D eigenvalue weighted by Gasteiger charge is 2.30. The zero-order valence-corrected chi connectivity index (χ0v) is 23.9. The third-order valence-electron chi connectivity index (χ3n) is 7.16.